The Bertz CT molecular complexity index is 1350. The Hall–Kier alpha value is -3.87. The number of nitrogens with one attached hydrogen (secondary N) is 1. The van der Waals surface area contributed by atoms with Gasteiger partial charge in [0, 0.05) is 17.5 Å². The molecule has 0 unspecified atom stereocenters. The van der Waals surface area contributed by atoms with Crippen LogP contribution in [0.4, 0.5) is 5.69 Å². The van der Waals surface area contributed by atoms with Crippen molar-refractivity contribution < 1.29 is 13.9 Å². The number of hydrogen-bond donors (Lipinski definition) is 1. The Morgan fingerprint density at radius 3 is 2.56 bits per heavy atom. The van der Waals surface area contributed by atoms with Crippen LogP contribution in [0.1, 0.15) is 39.8 Å². The molecule has 7 nitrogen and oxygen atoms in total. The summed E-state index contributed by atoms with van der Waals surface area (Å²) in [7, 11) is 0. The van der Waals surface area contributed by atoms with Gasteiger partial charge in [0.05, 0.1) is 35.8 Å². The van der Waals surface area contributed by atoms with Gasteiger partial charge in [-0.05, 0) is 45.4 Å². The van der Waals surface area contributed by atoms with Gasteiger partial charge in [-0.15, -0.1) is 0 Å². The van der Waals surface area contributed by atoms with Crippen LogP contribution in [0.3, 0.4) is 0 Å². The fourth-order valence-electron chi connectivity index (χ4n) is 3.67. The Kier molecular flexibility index (Phi) is 5.81. The average molecular weight is 431 g/mol. The molecule has 2 aromatic heterocycles. The molecule has 0 aliphatic heterocycles. The van der Waals surface area contributed by atoms with E-state index < -0.39 is 11.5 Å². The standard InChI is InChI=1S/C25H25N3O4/c1-5-31-19-10-11-20-21(13-23(29)32-22(20)12-19)25(30)26-24-16(3)27-28(17(24)4)14-18-8-6-15(2)7-9-18/h6-13H,5,14H2,1-4H3,(H,26,30). The highest BCUT2D eigenvalue weighted by Crippen LogP contribution is 2.25. The number of rotatable bonds is 6. The van der Waals surface area contributed by atoms with E-state index in [1.807, 2.05) is 32.4 Å². The molecular weight excluding hydrogens is 406 g/mol. The van der Waals surface area contributed by atoms with Crippen molar-refractivity contribution in [2.24, 2.45) is 0 Å². The third-order valence-electron chi connectivity index (χ3n) is 5.34. The second-order valence-corrected chi connectivity index (χ2v) is 7.71. The summed E-state index contributed by atoms with van der Waals surface area (Å²) in [5.74, 6) is 0.179. The molecule has 0 spiro atoms. The molecule has 0 fully saturated rings. The van der Waals surface area contributed by atoms with Gasteiger partial charge >= 0.3 is 5.63 Å². The topological polar surface area (TPSA) is 86.4 Å². The Balaban J connectivity index is 1.64. The van der Waals surface area contributed by atoms with E-state index in [1.165, 1.54) is 11.6 Å². The first-order valence-electron chi connectivity index (χ1n) is 10.5. The number of aryl methyl sites for hydroxylation is 2. The predicted molar refractivity (Wildman–Crippen MR) is 124 cm³/mol. The van der Waals surface area contributed by atoms with Crippen molar-refractivity contribution in [2.75, 3.05) is 11.9 Å². The van der Waals surface area contributed by atoms with Crippen molar-refractivity contribution in [1.29, 1.82) is 0 Å². The van der Waals surface area contributed by atoms with Crippen LogP contribution in [0.2, 0.25) is 0 Å². The number of carbonyl (C=O) groups excluding carboxylic acids is 1. The Morgan fingerprint density at radius 2 is 1.84 bits per heavy atom. The number of aromatic nitrogens is 2. The van der Waals surface area contributed by atoms with Crippen molar-refractivity contribution in [1.82, 2.24) is 9.78 Å². The zero-order chi connectivity index (χ0) is 22.8. The van der Waals surface area contributed by atoms with Crippen LogP contribution < -0.4 is 15.7 Å². The first-order chi connectivity index (χ1) is 15.4. The van der Waals surface area contributed by atoms with Gasteiger partial charge in [-0.2, -0.15) is 5.10 Å². The summed E-state index contributed by atoms with van der Waals surface area (Å²) < 4.78 is 12.6. The lowest BCUT2D eigenvalue weighted by Gasteiger charge is -2.10. The molecule has 0 aliphatic rings. The zero-order valence-corrected chi connectivity index (χ0v) is 18.6. The molecule has 1 N–H and O–H groups in total. The van der Waals surface area contributed by atoms with Gasteiger partial charge in [-0.25, -0.2) is 4.79 Å². The molecule has 1 amide bonds. The van der Waals surface area contributed by atoms with E-state index in [2.05, 4.69) is 34.7 Å². The van der Waals surface area contributed by atoms with Gasteiger partial charge in [0.15, 0.2) is 0 Å². The number of amides is 1. The fourth-order valence-corrected chi connectivity index (χ4v) is 3.67. The van der Waals surface area contributed by atoms with Crippen LogP contribution in [0.15, 0.2) is 57.7 Å². The van der Waals surface area contributed by atoms with Gasteiger partial charge in [0.2, 0.25) is 0 Å². The van der Waals surface area contributed by atoms with E-state index in [4.69, 9.17) is 9.15 Å². The quantitative estimate of drug-likeness (QED) is 0.451. The maximum atomic E-state index is 13.1. The maximum absolute atomic E-state index is 13.1. The second kappa shape index (κ2) is 8.70. The molecule has 0 saturated heterocycles. The van der Waals surface area contributed by atoms with Crippen molar-refractivity contribution in [3.63, 3.8) is 0 Å². The third kappa shape index (κ3) is 4.27. The molecule has 2 heterocycles. The number of hydrogen-bond acceptors (Lipinski definition) is 5. The highest BCUT2D eigenvalue weighted by molar-refractivity contribution is 6.12. The fraction of sp³-hybridized carbons (Fsp3) is 0.240. The van der Waals surface area contributed by atoms with E-state index in [9.17, 15) is 9.59 Å². The predicted octanol–water partition coefficient (Wildman–Crippen LogP) is 4.61. The van der Waals surface area contributed by atoms with Crippen molar-refractivity contribution in [2.45, 2.75) is 34.2 Å². The molecule has 32 heavy (non-hydrogen) atoms. The number of anilines is 1. The molecule has 2 aromatic carbocycles. The lowest BCUT2D eigenvalue weighted by molar-refractivity contribution is 0.102. The Morgan fingerprint density at radius 1 is 1.09 bits per heavy atom. The lowest BCUT2D eigenvalue weighted by Crippen LogP contribution is -2.16. The zero-order valence-electron chi connectivity index (χ0n) is 18.6. The summed E-state index contributed by atoms with van der Waals surface area (Å²) in [6, 6.07) is 14.6. The molecule has 164 valence electrons. The Labute approximate surface area is 185 Å². The number of benzene rings is 2. The van der Waals surface area contributed by atoms with Crippen LogP contribution in [0, 0.1) is 20.8 Å². The molecule has 0 saturated carbocycles. The monoisotopic (exact) mass is 431 g/mol. The van der Waals surface area contributed by atoms with Gasteiger partial charge in [-0.3, -0.25) is 9.48 Å². The van der Waals surface area contributed by atoms with Crippen LogP contribution in [-0.4, -0.2) is 22.3 Å². The van der Waals surface area contributed by atoms with Crippen LogP contribution in [0.5, 0.6) is 5.75 Å². The van der Waals surface area contributed by atoms with Crippen molar-refractivity contribution in [3.05, 3.63) is 87.0 Å². The smallest absolute Gasteiger partial charge is 0.337 e. The van der Waals surface area contributed by atoms with E-state index in [0.29, 0.717) is 41.3 Å². The third-order valence-corrected chi connectivity index (χ3v) is 5.34. The van der Waals surface area contributed by atoms with E-state index >= 15 is 0 Å². The normalized spacial score (nSPS) is 11.0. The average Bonchev–Trinajstić information content (AvgIpc) is 3.02. The summed E-state index contributed by atoms with van der Waals surface area (Å²) in [6.45, 7) is 8.76. The maximum Gasteiger partial charge on any atom is 0.337 e. The largest absolute Gasteiger partial charge is 0.494 e. The molecule has 7 heteroatoms. The highest BCUT2D eigenvalue weighted by Gasteiger charge is 2.19. The van der Waals surface area contributed by atoms with Gasteiger partial charge in [0.25, 0.3) is 5.91 Å². The minimum absolute atomic E-state index is 0.240. The minimum atomic E-state index is -0.597. The lowest BCUT2D eigenvalue weighted by atomic mass is 10.1. The van der Waals surface area contributed by atoms with Crippen molar-refractivity contribution in [3.8, 4) is 5.75 Å². The molecular formula is C25H25N3O4. The molecule has 4 aromatic rings. The molecule has 0 radical (unpaired) electrons. The number of fused-ring (bicyclic) bond motifs is 1. The summed E-state index contributed by atoms with van der Waals surface area (Å²) in [5, 5.41) is 8.06. The first kappa shape index (κ1) is 21.4. The molecule has 0 atom stereocenters. The van der Waals surface area contributed by atoms with Crippen LogP contribution in [-0.2, 0) is 6.54 Å². The number of ether oxygens (including phenoxy) is 1. The number of carbonyl (C=O) groups is 1. The van der Waals surface area contributed by atoms with E-state index in [-0.39, 0.29) is 5.56 Å². The SMILES string of the molecule is CCOc1ccc2c(C(=O)Nc3c(C)nn(Cc4ccc(C)cc4)c3C)cc(=O)oc2c1. The van der Waals surface area contributed by atoms with E-state index in [0.717, 1.165) is 11.3 Å². The summed E-state index contributed by atoms with van der Waals surface area (Å²) in [4.78, 5) is 25.2. The van der Waals surface area contributed by atoms with Crippen molar-refractivity contribution >= 4 is 22.6 Å². The van der Waals surface area contributed by atoms with E-state index in [1.54, 1.807) is 18.2 Å². The summed E-state index contributed by atoms with van der Waals surface area (Å²) >= 11 is 0. The molecule has 0 aliphatic carbocycles. The summed E-state index contributed by atoms with van der Waals surface area (Å²) in [6.07, 6.45) is 0. The van der Waals surface area contributed by atoms with Gasteiger partial charge in [0.1, 0.15) is 11.3 Å². The first-order valence-corrected chi connectivity index (χ1v) is 10.5. The number of nitrogens with zero attached hydrogens (tertiary/aromatic N) is 2. The van der Waals surface area contributed by atoms with Gasteiger partial charge in [-0.1, -0.05) is 29.8 Å². The minimum Gasteiger partial charge on any atom is -0.494 e. The van der Waals surface area contributed by atoms with Crippen LogP contribution in [0.25, 0.3) is 11.0 Å². The molecule has 4 rings (SSSR count). The highest BCUT2D eigenvalue weighted by atomic mass is 16.5. The summed E-state index contributed by atoms with van der Waals surface area (Å²) in [5.41, 5.74) is 4.44. The van der Waals surface area contributed by atoms with Crippen LogP contribution >= 0.6 is 0 Å². The molecule has 0 bridgehead atoms. The van der Waals surface area contributed by atoms with Gasteiger partial charge < -0.3 is 14.5 Å². The second-order valence-electron chi connectivity index (χ2n) is 7.71.